The van der Waals surface area contributed by atoms with E-state index in [4.69, 9.17) is 10.5 Å². The Labute approximate surface area is 67.1 Å². The van der Waals surface area contributed by atoms with Crippen LogP contribution in [0.1, 0.15) is 13.8 Å². The van der Waals surface area contributed by atoms with E-state index < -0.39 is 0 Å². The zero-order valence-electron chi connectivity index (χ0n) is 7.09. The van der Waals surface area contributed by atoms with Gasteiger partial charge in [-0.2, -0.15) is 0 Å². The second-order valence-electron chi connectivity index (χ2n) is 2.22. The largest absolute Gasteiger partial charge is 0.465 e. The molecule has 0 amide bonds. The molecule has 0 aromatic carbocycles. The summed E-state index contributed by atoms with van der Waals surface area (Å²) in [5.41, 5.74) is 5.24. The number of carbonyl (C=O) groups excluding carboxylic acids is 1. The summed E-state index contributed by atoms with van der Waals surface area (Å²) >= 11 is 0. The van der Waals surface area contributed by atoms with E-state index in [1.54, 1.807) is 13.8 Å². The predicted molar refractivity (Wildman–Crippen MR) is 43.2 cm³/mol. The summed E-state index contributed by atoms with van der Waals surface area (Å²) in [5.74, 6) is -0.221. The fraction of sp³-hybridized carbons (Fsp3) is 0.857. The van der Waals surface area contributed by atoms with Gasteiger partial charge in [0.15, 0.2) is 0 Å². The summed E-state index contributed by atoms with van der Waals surface area (Å²) in [5, 5.41) is 2.92. The van der Waals surface area contributed by atoms with Crippen LogP contribution >= 0.6 is 0 Å². The Morgan fingerprint density at radius 2 is 2.36 bits per heavy atom. The minimum atomic E-state index is -0.251. The highest BCUT2D eigenvalue weighted by Crippen LogP contribution is 1.85. The van der Waals surface area contributed by atoms with E-state index in [2.05, 4.69) is 5.32 Å². The van der Waals surface area contributed by atoms with Gasteiger partial charge in [-0.15, -0.1) is 0 Å². The lowest BCUT2D eigenvalue weighted by molar-refractivity contribution is -0.145. The summed E-state index contributed by atoms with van der Waals surface area (Å²) in [6, 6.07) is -0.251. The minimum Gasteiger partial charge on any atom is -0.465 e. The number of rotatable bonds is 5. The number of nitrogens with two attached hydrogens (primary N) is 1. The van der Waals surface area contributed by atoms with Crippen LogP contribution in [0.3, 0.4) is 0 Å². The van der Waals surface area contributed by atoms with Gasteiger partial charge < -0.3 is 15.8 Å². The van der Waals surface area contributed by atoms with Gasteiger partial charge in [0.1, 0.15) is 6.04 Å². The molecule has 66 valence electrons. The lowest BCUT2D eigenvalue weighted by atomic mass is 10.3. The van der Waals surface area contributed by atoms with E-state index in [0.29, 0.717) is 19.7 Å². The Morgan fingerprint density at radius 3 is 2.82 bits per heavy atom. The second kappa shape index (κ2) is 6.12. The van der Waals surface area contributed by atoms with Crippen LogP contribution in [0.25, 0.3) is 0 Å². The maximum Gasteiger partial charge on any atom is 0.322 e. The van der Waals surface area contributed by atoms with E-state index in [1.165, 1.54) is 0 Å². The molecule has 0 saturated heterocycles. The van der Waals surface area contributed by atoms with Gasteiger partial charge in [-0.3, -0.25) is 4.79 Å². The van der Waals surface area contributed by atoms with Crippen LogP contribution in [0.15, 0.2) is 0 Å². The smallest absolute Gasteiger partial charge is 0.322 e. The van der Waals surface area contributed by atoms with Crippen molar-refractivity contribution < 1.29 is 9.53 Å². The fourth-order valence-electron chi connectivity index (χ4n) is 0.650. The normalized spacial score (nSPS) is 12.6. The van der Waals surface area contributed by atoms with Gasteiger partial charge in [0.05, 0.1) is 6.61 Å². The highest BCUT2D eigenvalue weighted by Gasteiger charge is 2.11. The molecular formula is C7H16N2O2. The second-order valence-corrected chi connectivity index (χ2v) is 2.22. The van der Waals surface area contributed by atoms with E-state index in [1.807, 2.05) is 0 Å². The Bertz CT molecular complexity index is 117. The highest BCUT2D eigenvalue weighted by molar-refractivity contribution is 5.75. The summed E-state index contributed by atoms with van der Waals surface area (Å²) in [6.45, 7) is 5.14. The molecule has 0 spiro atoms. The molecule has 4 nitrogen and oxygen atoms in total. The van der Waals surface area contributed by atoms with Crippen LogP contribution in [0.4, 0.5) is 0 Å². The topological polar surface area (TPSA) is 64.3 Å². The van der Waals surface area contributed by atoms with Crippen LogP contribution in [-0.4, -0.2) is 31.7 Å². The van der Waals surface area contributed by atoms with Crippen molar-refractivity contribution in [2.75, 3.05) is 19.7 Å². The third-order valence-electron chi connectivity index (χ3n) is 1.24. The Kier molecular flexibility index (Phi) is 5.78. The SMILES string of the molecule is CCOC(=O)[C@H](C)NCCN. The summed E-state index contributed by atoms with van der Waals surface area (Å²) in [7, 11) is 0. The van der Waals surface area contributed by atoms with Gasteiger partial charge >= 0.3 is 5.97 Å². The first-order chi connectivity index (χ1) is 5.22. The van der Waals surface area contributed by atoms with E-state index >= 15 is 0 Å². The lowest BCUT2D eigenvalue weighted by Gasteiger charge is -2.10. The Balaban J connectivity index is 3.46. The fourth-order valence-corrected chi connectivity index (χ4v) is 0.650. The third-order valence-corrected chi connectivity index (χ3v) is 1.24. The first-order valence-electron chi connectivity index (χ1n) is 3.82. The van der Waals surface area contributed by atoms with Crippen molar-refractivity contribution in [1.82, 2.24) is 5.32 Å². The molecule has 0 aliphatic heterocycles. The Morgan fingerprint density at radius 1 is 1.73 bits per heavy atom. The average molecular weight is 160 g/mol. The molecule has 0 unspecified atom stereocenters. The maximum atomic E-state index is 10.9. The third kappa shape index (κ3) is 4.75. The number of esters is 1. The minimum absolute atomic E-state index is 0.221. The zero-order chi connectivity index (χ0) is 8.69. The number of hydrogen-bond acceptors (Lipinski definition) is 4. The van der Waals surface area contributed by atoms with Gasteiger partial charge in [-0.25, -0.2) is 0 Å². The number of ether oxygens (including phenoxy) is 1. The summed E-state index contributed by atoms with van der Waals surface area (Å²) in [6.07, 6.45) is 0. The molecule has 0 heterocycles. The monoisotopic (exact) mass is 160 g/mol. The standard InChI is InChI=1S/C7H16N2O2/c1-3-11-7(10)6(2)9-5-4-8/h6,9H,3-5,8H2,1-2H3/t6-/m0/s1. The molecule has 4 heteroatoms. The summed E-state index contributed by atoms with van der Waals surface area (Å²) < 4.78 is 4.76. The average Bonchev–Trinajstić information content (AvgIpc) is 2.00. The Hall–Kier alpha value is -0.610. The number of nitrogens with one attached hydrogen (secondary N) is 1. The molecule has 0 radical (unpaired) electrons. The van der Waals surface area contributed by atoms with Crippen molar-refractivity contribution in [3.05, 3.63) is 0 Å². The molecule has 0 fully saturated rings. The van der Waals surface area contributed by atoms with Gasteiger partial charge in [0.25, 0.3) is 0 Å². The van der Waals surface area contributed by atoms with Gasteiger partial charge in [-0.05, 0) is 13.8 Å². The highest BCUT2D eigenvalue weighted by atomic mass is 16.5. The van der Waals surface area contributed by atoms with Crippen molar-refractivity contribution in [3.63, 3.8) is 0 Å². The first-order valence-corrected chi connectivity index (χ1v) is 3.82. The number of hydrogen-bond donors (Lipinski definition) is 2. The van der Waals surface area contributed by atoms with E-state index in [0.717, 1.165) is 0 Å². The van der Waals surface area contributed by atoms with Crippen molar-refractivity contribution in [2.24, 2.45) is 5.73 Å². The molecule has 1 atom stereocenters. The molecule has 11 heavy (non-hydrogen) atoms. The van der Waals surface area contributed by atoms with E-state index in [-0.39, 0.29) is 12.0 Å². The van der Waals surface area contributed by atoms with Gasteiger partial charge in [-0.1, -0.05) is 0 Å². The predicted octanol–water partition coefficient (Wildman–Crippen LogP) is -0.514. The van der Waals surface area contributed by atoms with Crippen molar-refractivity contribution in [2.45, 2.75) is 19.9 Å². The van der Waals surface area contributed by atoms with Crippen molar-refractivity contribution in [3.8, 4) is 0 Å². The van der Waals surface area contributed by atoms with Crippen LogP contribution in [0, 0.1) is 0 Å². The molecule has 0 aliphatic rings. The molecular weight excluding hydrogens is 144 g/mol. The zero-order valence-corrected chi connectivity index (χ0v) is 7.09. The number of carbonyl (C=O) groups is 1. The molecule has 0 rings (SSSR count). The van der Waals surface area contributed by atoms with Crippen molar-refractivity contribution in [1.29, 1.82) is 0 Å². The lowest BCUT2D eigenvalue weighted by Crippen LogP contribution is -2.38. The van der Waals surface area contributed by atoms with Crippen LogP contribution in [0.2, 0.25) is 0 Å². The van der Waals surface area contributed by atoms with Crippen LogP contribution in [0.5, 0.6) is 0 Å². The molecule has 0 aromatic heterocycles. The van der Waals surface area contributed by atoms with Crippen molar-refractivity contribution >= 4 is 5.97 Å². The summed E-state index contributed by atoms with van der Waals surface area (Å²) in [4.78, 5) is 10.9. The molecule has 0 bridgehead atoms. The van der Waals surface area contributed by atoms with Crippen LogP contribution in [-0.2, 0) is 9.53 Å². The van der Waals surface area contributed by atoms with Gasteiger partial charge in [0, 0.05) is 13.1 Å². The quantitative estimate of drug-likeness (QED) is 0.531. The molecule has 0 saturated carbocycles. The van der Waals surface area contributed by atoms with E-state index in [9.17, 15) is 4.79 Å². The molecule has 3 N–H and O–H groups in total. The molecule has 0 aromatic rings. The first kappa shape index (κ1) is 10.4. The molecule has 0 aliphatic carbocycles. The maximum absolute atomic E-state index is 10.9. The van der Waals surface area contributed by atoms with Gasteiger partial charge in [0.2, 0.25) is 0 Å². The van der Waals surface area contributed by atoms with Crippen LogP contribution < -0.4 is 11.1 Å².